The first-order valence-electron chi connectivity index (χ1n) is 8.50. The summed E-state index contributed by atoms with van der Waals surface area (Å²) in [6.07, 6.45) is 5.97. The lowest BCUT2D eigenvalue weighted by atomic mass is 10.0. The van der Waals surface area contributed by atoms with E-state index in [2.05, 4.69) is 4.90 Å². The molecule has 2 heterocycles. The van der Waals surface area contributed by atoms with Gasteiger partial charge in [-0.05, 0) is 57.8 Å². The van der Waals surface area contributed by atoms with Crippen LogP contribution in [-0.4, -0.2) is 48.1 Å². The summed E-state index contributed by atoms with van der Waals surface area (Å²) in [6, 6.07) is 8.29. The number of amides is 1. The lowest BCUT2D eigenvalue weighted by molar-refractivity contribution is 0.0878. The molecular formula is C18H26N2O2. The van der Waals surface area contributed by atoms with E-state index < -0.39 is 0 Å². The molecule has 2 aliphatic rings. The van der Waals surface area contributed by atoms with Crippen LogP contribution in [0.25, 0.3) is 0 Å². The van der Waals surface area contributed by atoms with Gasteiger partial charge in [0.1, 0.15) is 5.75 Å². The molecule has 4 nitrogen and oxygen atoms in total. The molecule has 1 amide bonds. The van der Waals surface area contributed by atoms with E-state index in [4.69, 9.17) is 4.74 Å². The zero-order chi connectivity index (χ0) is 15.4. The summed E-state index contributed by atoms with van der Waals surface area (Å²) in [6.45, 7) is 6.12. The summed E-state index contributed by atoms with van der Waals surface area (Å²) in [7, 11) is 0. The third-order valence-corrected chi connectivity index (χ3v) is 4.86. The number of aryl methyl sites for hydroxylation is 1. The van der Waals surface area contributed by atoms with Gasteiger partial charge in [-0.2, -0.15) is 0 Å². The number of hydrogen-bond donors (Lipinski definition) is 0. The number of nitrogens with zero attached hydrogens (tertiary/aromatic N) is 2. The van der Waals surface area contributed by atoms with E-state index in [-0.39, 0.29) is 6.09 Å². The van der Waals surface area contributed by atoms with E-state index >= 15 is 0 Å². The van der Waals surface area contributed by atoms with Crippen molar-refractivity contribution >= 4 is 6.09 Å². The van der Waals surface area contributed by atoms with Crippen LogP contribution < -0.4 is 4.74 Å². The second-order valence-electron chi connectivity index (χ2n) is 6.50. The Labute approximate surface area is 133 Å². The molecule has 1 aromatic rings. The van der Waals surface area contributed by atoms with Crippen molar-refractivity contribution in [2.45, 2.75) is 45.1 Å². The largest absolute Gasteiger partial charge is 0.415 e. The van der Waals surface area contributed by atoms with E-state index in [0.717, 1.165) is 25.9 Å². The van der Waals surface area contributed by atoms with Gasteiger partial charge in [-0.1, -0.05) is 24.1 Å². The zero-order valence-electron chi connectivity index (χ0n) is 13.5. The predicted octanol–water partition coefficient (Wildman–Crippen LogP) is 3.44. The van der Waals surface area contributed by atoms with Gasteiger partial charge < -0.3 is 14.5 Å². The molecule has 0 saturated carbocycles. The third-order valence-electron chi connectivity index (χ3n) is 4.86. The molecule has 0 unspecified atom stereocenters. The number of carbonyl (C=O) groups excluding carboxylic acids is 1. The van der Waals surface area contributed by atoms with Gasteiger partial charge in [0.25, 0.3) is 0 Å². The summed E-state index contributed by atoms with van der Waals surface area (Å²) in [5.74, 6) is 0.633. The maximum absolute atomic E-state index is 12.2. The van der Waals surface area contributed by atoms with E-state index in [9.17, 15) is 4.79 Å². The van der Waals surface area contributed by atoms with Crippen LogP contribution in [-0.2, 0) is 0 Å². The molecule has 0 radical (unpaired) electrons. The van der Waals surface area contributed by atoms with Crippen molar-refractivity contribution in [1.29, 1.82) is 0 Å². The lowest BCUT2D eigenvalue weighted by Gasteiger charge is -2.39. The maximum atomic E-state index is 12.2. The Morgan fingerprint density at radius 2 is 1.64 bits per heavy atom. The first-order valence-corrected chi connectivity index (χ1v) is 8.50. The van der Waals surface area contributed by atoms with Crippen LogP contribution >= 0.6 is 0 Å². The van der Waals surface area contributed by atoms with Crippen molar-refractivity contribution in [2.24, 2.45) is 0 Å². The minimum absolute atomic E-state index is 0.207. The summed E-state index contributed by atoms with van der Waals surface area (Å²) in [5.41, 5.74) is 1.17. The molecule has 120 valence electrons. The van der Waals surface area contributed by atoms with Crippen molar-refractivity contribution in [2.75, 3.05) is 26.2 Å². The van der Waals surface area contributed by atoms with Crippen LogP contribution in [0, 0.1) is 6.92 Å². The molecule has 2 aliphatic heterocycles. The molecule has 22 heavy (non-hydrogen) atoms. The number of rotatable bonds is 2. The Hall–Kier alpha value is -1.55. The van der Waals surface area contributed by atoms with Crippen molar-refractivity contribution in [1.82, 2.24) is 9.80 Å². The smallest absolute Gasteiger partial charge is 0.410 e. The topological polar surface area (TPSA) is 32.8 Å². The number of hydrogen-bond acceptors (Lipinski definition) is 3. The van der Waals surface area contributed by atoms with Gasteiger partial charge in [0.2, 0.25) is 0 Å². The van der Waals surface area contributed by atoms with Gasteiger partial charge in [0, 0.05) is 19.1 Å². The highest BCUT2D eigenvalue weighted by Crippen LogP contribution is 2.22. The molecule has 2 fully saturated rings. The van der Waals surface area contributed by atoms with Gasteiger partial charge in [-0.3, -0.25) is 0 Å². The van der Waals surface area contributed by atoms with Crippen molar-refractivity contribution in [3.8, 4) is 5.75 Å². The highest BCUT2D eigenvalue weighted by molar-refractivity contribution is 5.70. The van der Waals surface area contributed by atoms with Crippen LogP contribution in [0.4, 0.5) is 4.79 Å². The molecule has 0 atom stereocenters. The van der Waals surface area contributed by atoms with E-state index in [1.165, 1.54) is 37.9 Å². The third kappa shape index (κ3) is 3.80. The van der Waals surface area contributed by atoms with Crippen LogP contribution in [0.3, 0.4) is 0 Å². The number of ether oxygens (including phenoxy) is 1. The minimum atomic E-state index is -0.207. The summed E-state index contributed by atoms with van der Waals surface area (Å²) < 4.78 is 5.46. The summed E-state index contributed by atoms with van der Waals surface area (Å²) in [4.78, 5) is 16.7. The van der Waals surface area contributed by atoms with Gasteiger partial charge in [-0.25, -0.2) is 4.79 Å². The molecule has 0 spiro atoms. The Morgan fingerprint density at radius 3 is 2.27 bits per heavy atom. The molecule has 0 aromatic heterocycles. The van der Waals surface area contributed by atoms with Gasteiger partial charge >= 0.3 is 6.09 Å². The lowest BCUT2D eigenvalue weighted by Crippen LogP contribution is -2.48. The van der Waals surface area contributed by atoms with Gasteiger partial charge in [0.15, 0.2) is 0 Å². The first-order chi connectivity index (χ1) is 10.7. The number of benzene rings is 1. The fourth-order valence-electron chi connectivity index (χ4n) is 3.47. The SMILES string of the molecule is Cc1ccc(OC(=O)N2CCC(N3CCCCC3)CC2)cc1. The standard InChI is InChI=1S/C18H26N2O2/c1-15-5-7-17(8-6-15)22-18(21)20-13-9-16(10-14-20)19-11-3-2-4-12-19/h5-8,16H,2-4,9-14H2,1H3. The van der Waals surface area contributed by atoms with E-state index in [1.54, 1.807) is 0 Å². The normalized spacial score (nSPS) is 20.9. The Morgan fingerprint density at radius 1 is 1.00 bits per heavy atom. The minimum Gasteiger partial charge on any atom is -0.410 e. The first kappa shape index (κ1) is 15.3. The van der Waals surface area contributed by atoms with Crippen LogP contribution in [0.15, 0.2) is 24.3 Å². The Bertz CT molecular complexity index is 486. The highest BCUT2D eigenvalue weighted by atomic mass is 16.6. The molecule has 0 aliphatic carbocycles. The number of likely N-dealkylation sites (tertiary alicyclic amines) is 2. The van der Waals surface area contributed by atoms with Gasteiger partial charge in [0.05, 0.1) is 0 Å². The van der Waals surface area contributed by atoms with Crippen LogP contribution in [0.5, 0.6) is 5.75 Å². The summed E-state index contributed by atoms with van der Waals surface area (Å²) >= 11 is 0. The van der Waals surface area contributed by atoms with E-state index in [1.807, 2.05) is 36.1 Å². The second-order valence-corrected chi connectivity index (χ2v) is 6.50. The molecule has 3 rings (SSSR count). The average molecular weight is 302 g/mol. The zero-order valence-corrected chi connectivity index (χ0v) is 13.5. The fraction of sp³-hybridized carbons (Fsp3) is 0.611. The quantitative estimate of drug-likeness (QED) is 0.839. The van der Waals surface area contributed by atoms with Crippen molar-refractivity contribution in [3.05, 3.63) is 29.8 Å². The van der Waals surface area contributed by atoms with E-state index in [0.29, 0.717) is 11.8 Å². The van der Waals surface area contributed by atoms with Crippen molar-refractivity contribution in [3.63, 3.8) is 0 Å². The van der Waals surface area contributed by atoms with Crippen LogP contribution in [0.1, 0.15) is 37.7 Å². The molecule has 0 bridgehead atoms. The molecule has 0 N–H and O–H groups in total. The monoisotopic (exact) mass is 302 g/mol. The molecule has 1 aromatic carbocycles. The fourth-order valence-corrected chi connectivity index (χ4v) is 3.47. The van der Waals surface area contributed by atoms with Gasteiger partial charge in [-0.15, -0.1) is 0 Å². The van der Waals surface area contributed by atoms with Crippen LogP contribution in [0.2, 0.25) is 0 Å². The number of piperidine rings is 2. The Kier molecular flexibility index (Phi) is 4.98. The second kappa shape index (κ2) is 7.14. The number of carbonyl (C=O) groups is 1. The molecule has 4 heteroatoms. The predicted molar refractivity (Wildman–Crippen MR) is 87.2 cm³/mol. The highest BCUT2D eigenvalue weighted by Gasteiger charge is 2.28. The maximum Gasteiger partial charge on any atom is 0.415 e. The molecular weight excluding hydrogens is 276 g/mol. The summed E-state index contributed by atoms with van der Waals surface area (Å²) in [5, 5.41) is 0. The molecule has 2 saturated heterocycles. The average Bonchev–Trinajstić information content (AvgIpc) is 2.58. The Balaban J connectivity index is 1.48. The van der Waals surface area contributed by atoms with Crippen molar-refractivity contribution < 1.29 is 9.53 Å².